The van der Waals surface area contributed by atoms with Crippen LogP contribution in [0, 0.1) is 13.8 Å². The van der Waals surface area contributed by atoms with Crippen LogP contribution >= 0.6 is 23.5 Å². The van der Waals surface area contributed by atoms with E-state index in [4.69, 9.17) is 0 Å². The fourth-order valence-electron chi connectivity index (χ4n) is 3.14. The van der Waals surface area contributed by atoms with Crippen LogP contribution in [0.2, 0.25) is 0 Å². The molecular formula is C25H30N2O4S2. The molecule has 2 aromatic rings. The highest BCUT2D eigenvalue weighted by molar-refractivity contribution is 8.13. The van der Waals surface area contributed by atoms with Crippen molar-refractivity contribution in [3.05, 3.63) is 59.2 Å². The largest absolute Gasteiger partial charge is 0.506 e. The van der Waals surface area contributed by atoms with E-state index >= 15 is 0 Å². The van der Waals surface area contributed by atoms with Gasteiger partial charge >= 0.3 is 0 Å². The lowest BCUT2D eigenvalue weighted by Crippen LogP contribution is -1.98. The molecule has 0 spiro atoms. The van der Waals surface area contributed by atoms with Crippen LogP contribution in [0.5, 0.6) is 11.5 Å². The number of hydrogen-bond donors (Lipinski definition) is 2. The first-order valence-electron chi connectivity index (χ1n) is 10.7. The third kappa shape index (κ3) is 7.75. The maximum atomic E-state index is 12.2. The Morgan fingerprint density at radius 2 is 1.21 bits per heavy atom. The molecular weight excluding hydrogens is 456 g/mol. The van der Waals surface area contributed by atoms with Crippen LogP contribution in [0.1, 0.15) is 65.7 Å². The van der Waals surface area contributed by atoms with Gasteiger partial charge in [-0.2, -0.15) is 0 Å². The molecule has 0 saturated carbocycles. The number of pyridine rings is 2. The Morgan fingerprint density at radius 1 is 0.818 bits per heavy atom. The third-order valence-electron chi connectivity index (χ3n) is 5.21. The fourth-order valence-corrected chi connectivity index (χ4v) is 4.94. The van der Waals surface area contributed by atoms with Crippen molar-refractivity contribution >= 4 is 45.9 Å². The Hall–Kier alpha value is -2.58. The van der Waals surface area contributed by atoms with Gasteiger partial charge in [0.25, 0.3) is 0 Å². The summed E-state index contributed by atoms with van der Waals surface area (Å²) in [6.07, 6.45) is 9.59. The number of rotatable bonds is 12. The minimum absolute atomic E-state index is 0.0556. The van der Waals surface area contributed by atoms with Gasteiger partial charge in [0, 0.05) is 47.9 Å². The Balaban J connectivity index is 1.69. The standard InChI is InChI=1S/C25H30N2O4S2/c1-5-18-12-26-16(3)24(30)20(18)14-32-22(28)10-8-7-9-11-23(29)33-15-21-19(6-2)13-27-17(4)25(21)31/h5-6,12-13,30-31H,1-2,7-11,14-15H2,3-4H3. The highest BCUT2D eigenvalue weighted by Gasteiger charge is 2.14. The predicted molar refractivity (Wildman–Crippen MR) is 137 cm³/mol. The van der Waals surface area contributed by atoms with Crippen LogP contribution < -0.4 is 0 Å². The summed E-state index contributed by atoms with van der Waals surface area (Å²) in [5, 5.41) is 20.5. The molecule has 0 bridgehead atoms. The highest BCUT2D eigenvalue weighted by atomic mass is 32.2. The quantitative estimate of drug-likeness (QED) is 0.354. The molecule has 0 atom stereocenters. The molecule has 0 saturated heterocycles. The van der Waals surface area contributed by atoms with Crippen molar-refractivity contribution in [1.29, 1.82) is 0 Å². The molecule has 0 aromatic carbocycles. The van der Waals surface area contributed by atoms with E-state index in [-0.39, 0.29) is 21.7 Å². The monoisotopic (exact) mass is 486 g/mol. The minimum Gasteiger partial charge on any atom is -0.506 e. The number of carbonyl (C=O) groups excluding carboxylic acids is 2. The van der Waals surface area contributed by atoms with Crippen LogP contribution in [0.15, 0.2) is 25.6 Å². The molecule has 8 heteroatoms. The van der Waals surface area contributed by atoms with Crippen molar-refractivity contribution in [3.63, 3.8) is 0 Å². The summed E-state index contributed by atoms with van der Waals surface area (Å²) in [6.45, 7) is 10.9. The molecule has 2 heterocycles. The smallest absolute Gasteiger partial charge is 0.189 e. The summed E-state index contributed by atoms with van der Waals surface area (Å²) in [7, 11) is 0. The van der Waals surface area contributed by atoms with Gasteiger partial charge in [-0.05, 0) is 37.8 Å². The first-order chi connectivity index (χ1) is 15.8. The van der Waals surface area contributed by atoms with Gasteiger partial charge < -0.3 is 10.2 Å². The highest BCUT2D eigenvalue weighted by Crippen LogP contribution is 2.30. The van der Waals surface area contributed by atoms with Crippen LogP contribution in [0.25, 0.3) is 12.2 Å². The number of unbranched alkanes of at least 4 members (excludes halogenated alkanes) is 2. The van der Waals surface area contributed by atoms with E-state index in [1.165, 1.54) is 23.5 Å². The SMILES string of the molecule is C=Cc1cnc(C)c(O)c1CSC(=O)CCCCCC(=O)SCc1c(C=C)cnc(C)c1O. The molecule has 0 aliphatic heterocycles. The Bertz CT molecular complexity index is 956. The average molecular weight is 487 g/mol. The second-order valence-electron chi connectivity index (χ2n) is 7.54. The van der Waals surface area contributed by atoms with E-state index in [0.717, 1.165) is 17.5 Å². The van der Waals surface area contributed by atoms with Crippen molar-refractivity contribution in [2.24, 2.45) is 0 Å². The molecule has 0 unspecified atom stereocenters. The van der Waals surface area contributed by atoms with Crippen molar-refractivity contribution < 1.29 is 19.8 Å². The van der Waals surface area contributed by atoms with Crippen LogP contribution in [-0.4, -0.2) is 30.4 Å². The van der Waals surface area contributed by atoms with Gasteiger partial charge in [0.1, 0.15) is 11.5 Å². The average Bonchev–Trinajstić information content (AvgIpc) is 2.80. The molecule has 0 aliphatic carbocycles. The normalized spacial score (nSPS) is 10.7. The molecule has 2 rings (SSSR count). The predicted octanol–water partition coefficient (Wildman–Crippen LogP) is 5.96. The Kier molecular flexibility index (Phi) is 10.7. The fraction of sp³-hybridized carbons (Fsp3) is 0.360. The number of aryl methyl sites for hydroxylation is 2. The lowest BCUT2D eigenvalue weighted by molar-refractivity contribution is -0.111. The maximum absolute atomic E-state index is 12.2. The van der Waals surface area contributed by atoms with Crippen molar-refractivity contribution in [2.45, 2.75) is 57.5 Å². The maximum Gasteiger partial charge on any atom is 0.189 e. The summed E-state index contributed by atoms with van der Waals surface area (Å²) in [4.78, 5) is 32.6. The minimum atomic E-state index is 0.0556. The molecule has 176 valence electrons. The molecule has 0 fully saturated rings. The number of aromatic nitrogens is 2. The van der Waals surface area contributed by atoms with Gasteiger partial charge in [-0.1, -0.05) is 55.3 Å². The van der Waals surface area contributed by atoms with Gasteiger partial charge in [0.05, 0.1) is 11.4 Å². The number of carbonyl (C=O) groups is 2. The van der Waals surface area contributed by atoms with E-state index in [9.17, 15) is 19.8 Å². The lowest BCUT2D eigenvalue weighted by atomic mass is 10.1. The van der Waals surface area contributed by atoms with Crippen molar-refractivity contribution in [3.8, 4) is 11.5 Å². The van der Waals surface area contributed by atoms with Gasteiger partial charge in [0.15, 0.2) is 10.2 Å². The molecule has 2 aromatic heterocycles. The zero-order chi connectivity index (χ0) is 24.4. The van der Waals surface area contributed by atoms with E-state index in [1.807, 2.05) is 0 Å². The Labute approximate surface area is 203 Å². The van der Waals surface area contributed by atoms with E-state index < -0.39 is 0 Å². The molecule has 0 aliphatic rings. The van der Waals surface area contributed by atoms with Crippen LogP contribution in [0.3, 0.4) is 0 Å². The molecule has 33 heavy (non-hydrogen) atoms. The van der Waals surface area contributed by atoms with Gasteiger partial charge in [0.2, 0.25) is 0 Å². The number of hydrogen-bond acceptors (Lipinski definition) is 8. The van der Waals surface area contributed by atoms with Crippen molar-refractivity contribution in [2.75, 3.05) is 0 Å². The summed E-state index contributed by atoms with van der Waals surface area (Å²) in [5.41, 5.74) is 3.86. The van der Waals surface area contributed by atoms with Gasteiger partial charge in [-0.15, -0.1) is 0 Å². The zero-order valence-corrected chi connectivity index (χ0v) is 20.7. The molecule has 0 amide bonds. The summed E-state index contributed by atoms with van der Waals surface area (Å²) in [5.74, 6) is 0.968. The molecule has 0 radical (unpaired) electrons. The van der Waals surface area contributed by atoms with Crippen molar-refractivity contribution in [1.82, 2.24) is 9.97 Å². The van der Waals surface area contributed by atoms with Crippen LogP contribution in [-0.2, 0) is 21.1 Å². The summed E-state index contributed by atoms with van der Waals surface area (Å²) < 4.78 is 0. The summed E-state index contributed by atoms with van der Waals surface area (Å²) >= 11 is 2.35. The Morgan fingerprint density at radius 3 is 1.58 bits per heavy atom. The first-order valence-corrected chi connectivity index (χ1v) is 12.7. The molecule has 2 N–H and O–H groups in total. The lowest BCUT2D eigenvalue weighted by Gasteiger charge is -2.10. The van der Waals surface area contributed by atoms with Gasteiger partial charge in [-0.25, -0.2) is 0 Å². The van der Waals surface area contributed by atoms with E-state index in [0.29, 0.717) is 59.7 Å². The third-order valence-corrected chi connectivity index (χ3v) is 7.12. The molecule has 6 nitrogen and oxygen atoms in total. The van der Waals surface area contributed by atoms with E-state index in [1.54, 1.807) is 38.4 Å². The number of thioether (sulfide) groups is 2. The zero-order valence-electron chi connectivity index (χ0n) is 19.1. The second-order valence-corrected chi connectivity index (χ2v) is 9.61. The van der Waals surface area contributed by atoms with Crippen LogP contribution in [0.4, 0.5) is 0 Å². The van der Waals surface area contributed by atoms with Gasteiger partial charge in [-0.3, -0.25) is 19.6 Å². The topological polar surface area (TPSA) is 100 Å². The number of nitrogens with zero attached hydrogens (tertiary/aromatic N) is 2. The summed E-state index contributed by atoms with van der Waals surface area (Å²) in [6, 6.07) is 0. The van der Waals surface area contributed by atoms with E-state index in [2.05, 4.69) is 23.1 Å². The first kappa shape index (κ1) is 26.7. The number of aromatic hydroxyl groups is 2. The second kappa shape index (κ2) is 13.2.